The number of fused-ring (bicyclic) bond motifs is 1. The van der Waals surface area contributed by atoms with Crippen LogP contribution >= 0.6 is 10.7 Å². The topological polar surface area (TPSA) is 55.2 Å². The van der Waals surface area contributed by atoms with Crippen molar-refractivity contribution in [2.75, 3.05) is 0 Å². The summed E-state index contributed by atoms with van der Waals surface area (Å²) in [6.45, 7) is 0. The fraction of sp³-hybridized carbons (Fsp3) is 0. The van der Waals surface area contributed by atoms with Gasteiger partial charge >= 0.3 is 0 Å². The highest BCUT2D eigenvalue weighted by atomic mass is 32.2. The van der Waals surface area contributed by atoms with Crippen LogP contribution in [0.2, 0.25) is 0 Å². The van der Waals surface area contributed by atoms with Crippen LogP contribution in [0.4, 0.5) is 0 Å². The third-order valence-corrected chi connectivity index (χ3v) is 2.86. The van der Waals surface area contributed by atoms with Gasteiger partial charge in [0.2, 0.25) is 0 Å². The zero-order valence-electron chi connectivity index (χ0n) is 8.85. The molecule has 1 unspecified atom stereocenters. The highest BCUT2D eigenvalue weighted by Crippen LogP contribution is 2.15. The number of benzene rings is 1. The highest BCUT2D eigenvalue weighted by molar-refractivity contribution is 8.16. The Kier molecular flexibility index (Phi) is 3.91. The van der Waals surface area contributed by atoms with Crippen molar-refractivity contribution in [2.24, 2.45) is 4.40 Å². The fourth-order valence-electron chi connectivity index (χ4n) is 1.20. The smallest absolute Gasteiger partial charge is 0.182 e. The van der Waals surface area contributed by atoms with Crippen LogP contribution in [0.3, 0.4) is 0 Å². The van der Waals surface area contributed by atoms with E-state index in [-0.39, 0.29) is 0 Å². The number of hydrogen-bond acceptors (Lipinski definition) is 4. The monoisotopic (exact) mass is 243 g/mol. The van der Waals surface area contributed by atoms with E-state index in [1.807, 2.05) is 24.3 Å². The minimum absolute atomic E-state index is 0.551. The van der Waals surface area contributed by atoms with Crippen molar-refractivity contribution in [1.82, 2.24) is 9.97 Å². The summed E-state index contributed by atoms with van der Waals surface area (Å²) < 4.78 is 3.72. The maximum absolute atomic E-state index is 9.73. The van der Waals surface area contributed by atoms with E-state index in [2.05, 4.69) is 14.4 Å². The lowest BCUT2D eigenvalue weighted by Crippen LogP contribution is -1.78. The number of nitrogens with zero attached hydrogens (tertiary/aromatic N) is 3. The molecule has 0 amide bonds. The summed E-state index contributed by atoms with van der Waals surface area (Å²) in [5.74, 6) is 0. The Morgan fingerprint density at radius 1 is 1.06 bits per heavy atom. The zero-order valence-corrected chi connectivity index (χ0v) is 9.67. The Hall–Kier alpha value is -2.10. The summed E-state index contributed by atoms with van der Waals surface area (Å²) in [6, 6.07) is 7.80. The Morgan fingerprint density at radius 2 is 1.71 bits per heavy atom. The number of carbonyl (C=O) groups excluding carboxylic acids is 1. The van der Waals surface area contributed by atoms with Crippen molar-refractivity contribution in [3.05, 3.63) is 48.1 Å². The number of hydrogen-bond donors (Lipinski definition) is 0. The highest BCUT2D eigenvalue weighted by Gasteiger charge is 1.88. The van der Waals surface area contributed by atoms with Gasteiger partial charge in [-0.15, -0.1) is 0 Å². The second-order valence-electron chi connectivity index (χ2n) is 3.03. The van der Waals surface area contributed by atoms with Crippen LogP contribution in [0.1, 0.15) is 0 Å². The molecule has 1 aliphatic heterocycles. The molecule has 1 atom stereocenters. The lowest BCUT2D eigenvalue weighted by Gasteiger charge is -1.90. The minimum Gasteiger partial charge on any atom is -0.253 e. The maximum atomic E-state index is 9.73. The first-order valence-electron chi connectivity index (χ1n) is 4.88. The summed E-state index contributed by atoms with van der Waals surface area (Å²) in [5.41, 5.74) is 1.90. The van der Waals surface area contributed by atoms with Gasteiger partial charge in [0.15, 0.2) is 5.23 Å². The average Bonchev–Trinajstić information content (AvgIpc) is 2.93. The molecule has 5 heteroatoms. The molecule has 0 saturated heterocycles. The Morgan fingerprint density at radius 3 is 2.12 bits per heavy atom. The Balaban J connectivity index is 0.000000136. The van der Waals surface area contributed by atoms with Gasteiger partial charge in [0.05, 0.1) is 11.0 Å². The van der Waals surface area contributed by atoms with Crippen molar-refractivity contribution in [3.8, 4) is 0 Å². The zero-order chi connectivity index (χ0) is 11.9. The van der Waals surface area contributed by atoms with Gasteiger partial charge in [-0.3, -0.25) is 9.97 Å². The van der Waals surface area contributed by atoms with Crippen molar-refractivity contribution in [3.63, 3.8) is 0 Å². The van der Waals surface area contributed by atoms with Crippen LogP contribution < -0.4 is 0 Å². The van der Waals surface area contributed by atoms with Crippen LogP contribution in [0.15, 0.2) is 52.5 Å². The molecule has 3 rings (SSSR count). The molecule has 0 aliphatic carbocycles. The van der Waals surface area contributed by atoms with E-state index in [0.29, 0.717) is 0 Å². The molecule has 84 valence electrons. The molecule has 0 N–H and O–H groups in total. The molecule has 4 nitrogen and oxygen atoms in total. The molecule has 0 bridgehead atoms. The molecular weight excluding hydrogens is 234 g/mol. The van der Waals surface area contributed by atoms with E-state index in [0.717, 1.165) is 11.0 Å². The number of aromatic nitrogens is 2. The third-order valence-electron chi connectivity index (χ3n) is 1.93. The SMILES string of the molecule is O=C=S1C=CC=N1.c1ccc2nccnc2c1. The van der Waals surface area contributed by atoms with Crippen molar-refractivity contribution >= 4 is 33.2 Å². The third kappa shape index (κ3) is 3.17. The molecule has 2 aromatic rings. The summed E-state index contributed by atoms with van der Waals surface area (Å²) in [6.07, 6.45) is 6.74. The molecule has 1 aliphatic rings. The summed E-state index contributed by atoms with van der Waals surface area (Å²) in [7, 11) is -0.551. The lowest BCUT2D eigenvalue weighted by atomic mass is 10.3. The van der Waals surface area contributed by atoms with Crippen LogP contribution in [0.25, 0.3) is 11.0 Å². The second kappa shape index (κ2) is 5.84. The minimum atomic E-state index is -0.551. The largest absolute Gasteiger partial charge is 0.253 e. The first-order valence-corrected chi connectivity index (χ1v) is 6.12. The maximum Gasteiger partial charge on any atom is 0.182 e. The van der Waals surface area contributed by atoms with Crippen LogP contribution in [0.5, 0.6) is 0 Å². The molecule has 0 saturated carbocycles. The van der Waals surface area contributed by atoms with Crippen LogP contribution in [-0.4, -0.2) is 21.4 Å². The molecule has 0 radical (unpaired) electrons. The molecule has 17 heavy (non-hydrogen) atoms. The average molecular weight is 243 g/mol. The summed E-state index contributed by atoms with van der Waals surface area (Å²) >= 11 is 0. The van der Waals surface area contributed by atoms with Gasteiger partial charge < -0.3 is 0 Å². The van der Waals surface area contributed by atoms with Crippen molar-refractivity contribution < 1.29 is 4.79 Å². The Labute approximate surface area is 101 Å². The fourth-order valence-corrected chi connectivity index (χ4v) is 1.79. The van der Waals surface area contributed by atoms with Gasteiger partial charge in [-0.2, -0.15) is 0 Å². The molecule has 0 spiro atoms. The normalized spacial score (nSPS) is 16.4. The van der Waals surface area contributed by atoms with E-state index >= 15 is 0 Å². The first kappa shape index (κ1) is 11.4. The van der Waals surface area contributed by atoms with Crippen molar-refractivity contribution in [1.29, 1.82) is 0 Å². The quantitative estimate of drug-likeness (QED) is 0.668. The molecule has 1 aromatic carbocycles. The van der Waals surface area contributed by atoms with Gasteiger partial charge in [-0.25, -0.2) is 9.19 Å². The Bertz CT molecular complexity index is 551. The lowest BCUT2D eigenvalue weighted by molar-refractivity contribution is 0.572. The van der Waals surface area contributed by atoms with Gasteiger partial charge in [0.1, 0.15) is 0 Å². The van der Waals surface area contributed by atoms with Gasteiger partial charge in [-0.1, -0.05) is 12.1 Å². The summed E-state index contributed by atoms with van der Waals surface area (Å²) in [4.78, 5) is 18.0. The van der Waals surface area contributed by atoms with E-state index in [1.54, 1.807) is 35.3 Å². The van der Waals surface area contributed by atoms with Crippen molar-refractivity contribution in [2.45, 2.75) is 0 Å². The van der Waals surface area contributed by atoms with E-state index < -0.39 is 10.7 Å². The molecular formula is C12H9N3OS. The van der Waals surface area contributed by atoms with E-state index in [9.17, 15) is 4.79 Å². The van der Waals surface area contributed by atoms with Crippen LogP contribution in [-0.2, 0) is 4.79 Å². The number of allylic oxidation sites excluding steroid dienone is 1. The van der Waals surface area contributed by atoms with E-state index in [1.165, 1.54) is 0 Å². The number of para-hydroxylation sites is 2. The number of rotatable bonds is 0. The second-order valence-corrected chi connectivity index (χ2v) is 4.30. The first-order chi connectivity index (χ1) is 8.40. The predicted octanol–water partition coefficient (Wildman–Crippen LogP) is 2.47. The van der Waals surface area contributed by atoms with Gasteiger partial charge in [0.25, 0.3) is 0 Å². The summed E-state index contributed by atoms with van der Waals surface area (Å²) in [5, 5.41) is 3.47. The molecule has 0 fully saturated rings. The van der Waals surface area contributed by atoms with Gasteiger partial charge in [-0.05, 0) is 23.6 Å². The standard InChI is InChI=1S/C8H6N2.C4H3NOS/c1-2-4-8-7(3-1)9-5-6-10-8;6-4-7-3-1-2-5-7/h1-6H;1-3H. The van der Waals surface area contributed by atoms with Gasteiger partial charge in [0, 0.05) is 29.3 Å². The van der Waals surface area contributed by atoms with Crippen LogP contribution in [0, 0.1) is 0 Å². The predicted molar refractivity (Wildman–Crippen MR) is 70.5 cm³/mol. The van der Waals surface area contributed by atoms with E-state index in [4.69, 9.17) is 0 Å². The molecule has 2 heterocycles. The molecule has 1 aromatic heterocycles.